The number of hydrogen-bond acceptors (Lipinski definition) is 4. The highest BCUT2D eigenvalue weighted by Gasteiger charge is 2.28. The van der Waals surface area contributed by atoms with Gasteiger partial charge in [-0.15, -0.1) is 0 Å². The van der Waals surface area contributed by atoms with E-state index in [2.05, 4.69) is 20.5 Å². The molecule has 0 radical (unpaired) electrons. The number of carbonyl (C=O) groups is 2. The van der Waals surface area contributed by atoms with Crippen LogP contribution in [0.5, 0.6) is 0 Å². The largest absolute Gasteiger partial charge is 0.378 e. The van der Waals surface area contributed by atoms with E-state index >= 15 is 0 Å². The van der Waals surface area contributed by atoms with Crippen LogP contribution in [0.4, 0.5) is 4.79 Å². The van der Waals surface area contributed by atoms with Gasteiger partial charge in [0.15, 0.2) is 5.96 Å². The lowest BCUT2D eigenvalue weighted by Gasteiger charge is -2.34. The lowest BCUT2D eigenvalue weighted by Crippen LogP contribution is -2.49. The third-order valence-electron chi connectivity index (χ3n) is 5.55. The number of nitrogens with zero attached hydrogens (tertiary/aromatic N) is 3. The van der Waals surface area contributed by atoms with Crippen molar-refractivity contribution in [1.29, 1.82) is 0 Å². The van der Waals surface area contributed by atoms with Gasteiger partial charge in [-0.05, 0) is 31.6 Å². The van der Waals surface area contributed by atoms with Gasteiger partial charge < -0.3 is 20.3 Å². The van der Waals surface area contributed by atoms with Gasteiger partial charge in [0.2, 0.25) is 5.91 Å². The summed E-state index contributed by atoms with van der Waals surface area (Å²) in [4.78, 5) is 30.9. The third-order valence-corrected chi connectivity index (χ3v) is 5.55. The van der Waals surface area contributed by atoms with E-state index in [1.165, 1.54) is 30.6 Å². The average molecular weight is 365 g/mol. The SMILES string of the molecule is CN=C(NCCN1C(=O)CNC1=O)N1CCC(OCC2CCCC2)CC1. The highest BCUT2D eigenvalue weighted by Crippen LogP contribution is 2.26. The normalized spacial score (nSPS) is 23.0. The molecule has 0 aromatic heterocycles. The first kappa shape index (κ1) is 18.9. The zero-order valence-corrected chi connectivity index (χ0v) is 15.7. The van der Waals surface area contributed by atoms with E-state index in [4.69, 9.17) is 4.74 Å². The Labute approximate surface area is 155 Å². The number of likely N-dealkylation sites (tertiary alicyclic amines) is 1. The summed E-state index contributed by atoms with van der Waals surface area (Å²) in [5, 5.41) is 5.79. The van der Waals surface area contributed by atoms with Gasteiger partial charge in [0, 0.05) is 39.8 Å². The predicted octanol–water partition coefficient (Wildman–Crippen LogP) is 0.785. The fraction of sp³-hybridized carbons (Fsp3) is 0.833. The molecule has 8 nitrogen and oxygen atoms in total. The van der Waals surface area contributed by atoms with E-state index in [0.717, 1.165) is 44.4 Å². The molecule has 0 aromatic carbocycles. The van der Waals surface area contributed by atoms with Crippen LogP contribution in [0.3, 0.4) is 0 Å². The number of hydrogen-bond donors (Lipinski definition) is 2. The topological polar surface area (TPSA) is 86.3 Å². The summed E-state index contributed by atoms with van der Waals surface area (Å²) in [5.74, 6) is 1.42. The molecule has 0 aromatic rings. The molecule has 0 spiro atoms. The maximum Gasteiger partial charge on any atom is 0.324 e. The zero-order valence-electron chi connectivity index (χ0n) is 15.7. The van der Waals surface area contributed by atoms with Crippen molar-refractivity contribution in [2.45, 2.75) is 44.6 Å². The molecule has 26 heavy (non-hydrogen) atoms. The smallest absolute Gasteiger partial charge is 0.324 e. The Balaban J connectivity index is 1.35. The summed E-state index contributed by atoms with van der Waals surface area (Å²) in [6.07, 6.45) is 7.76. The molecule has 2 heterocycles. The van der Waals surface area contributed by atoms with Crippen molar-refractivity contribution in [2.75, 3.05) is 46.4 Å². The summed E-state index contributed by atoms with van der Waals surface area (Å²) in [7, 11) is 1.76. The number of carbonyl (C=O) groups excluding carboxylic acids is 2. The van der Waals surface area contributed by atoms with E-state index in [-0.39, 0.29) is 18.5 Å². The number of imide groups is 1. The van der Waals surface area contributed by atoms with E-state index < -0.39 is 0 Å². The van der Waals surface area contributed by atoms with Crippen LogP contribution < -0.4 is 10.6 Å². The van der Waals surface area contributed by atoms with Crippen molar-refractivity contribution < 1.29 is 14.3 Å². The molecule has 2 saturated heterocycles. The van der Waals surface area contributed by atoms with Crippen LogP contribution in [0.1, 0.15) is 38.5 Å². The minimum Gasteiger partial charge on any atom is -0.378 e. The molecule has 0 unspecified atom stereocenters. The second-order valence-corrected chi connectivity index (χ2v) is 7.35. The number of amides is 3. The van der Waals surface area contributed by atoms with Gasteiger partial charge in [0.05, 0.1) is 12.6 Å². The number of ether oxygens (including phenoxy) is 1. The first-order chi connectivity index (χ1) is 12.7. The van der Waals surface area contributed by atoms with Gasteiger partial charge in [-0.2, -0.15) is 0 Å². The summed E-state index contributed by atoms with van der Waals surface area (Å²) >= 11 is 0. The molecule has 3 rings (SSSR count). The fourth-order valence-electron chi connectivity index (χ4n) is 3.98. The van der Waals surface area contributed by atoms with Crippen molar-refractivity contribution in [3.63, 3.8) is 0 Å². The highest BCUT2D eigenvalue weighted by atomic mass is 16.5. The van der Waals surface area contributed by atoms with Crippen LogP contribution in [0, 0.1) is 5.92 Å². The summed E-state index contributed by atoms with van der Waals surface area (Å²) < 4.78 is 6.13. The van der Waals surface area contributed by atoms with Gasteiger partial charge >= 0.3 is 6.03 Å². The monoisotopic (exact) mass is 365 g/mol. The zero-order chi connectivity index (χ0) is 18.4. The van der Waals surface area contributed by atoms with Gasteiger partial charge in [0.25, 0.3) is 0 Å². The van der Waals surface area contributed by atoms with Crippen molar-refractivity contribution in [3.05, 3.63) is 0 Å². The van der Waals surface area contributed by atoms with Gasteiger partial charge in [-0.1, -0.05) is 12.8 Å². The number of piperidine rings is 1. The number of rotatable bonds is 6. The second-order valence-electron chi connectivity index (χ2n) is 7.35. The Kier molecular flexibility index (Phi) is 6.71. The predicted molar refractivity (Wildman–Crippen MR) is 99.0 cm³/mol. The van der Waals surface area contributed by atoms with Crippen molar-refractivity contribution in [2.24, 2.45) is 10.9 Å². The Morgan fingerprint density at radius 2 is 1.96 bits per heavy atom. The molecular formula is C18H31N5O3. The Morgan fingerprint density at radius 3 is 2.58 bits per heavy atom. The second kappa shape index (κ2) is 9.21. The maximum atomic E-state index is 11.6. The molecule has 3 amide bonds. The fourth-order valence-corrected chi connectivity index (χ4v) is 3.98. The molecule has 146 valence electrons. The van der Waals surface area contributed by atoms with Crippen LogP contribution in [0.15, 0.2) is 4.99 Å². The third kappa shape index (κ3) is 4.87. The molecular weight excluding hydrogens is 334 g/mol. The van der Waals surface area contributed by atoms with Gasteiger partial charge in [-0.25, -0.2) is 4.79 Å². The standard InChI is InChI=1S/C18H31N5O3/c1-19-17(20-8-11-23-16(24)12-21-18(23)25)22-9-6-15(7-10-22)26-13-14-4-2-3-5-14/h14-15H,2-13H2,1H3,(H,19,20)(H,21,25). The van der Waals surface area contributed by atoms with Crippen molar-refractivity contribution in [1.82, 2.24) is 20.4 Å². The molecule has 2 aliphatic heterocycles. The molecule has 8 heteroatoms. The Bertz CT molecular complexity index is 509. The first-order valence-corrected chi connectivity index (χ1v) is 9.82. The van der Waals surface area contributed by atoms with Crippen LogP contribution >= 0.6 is 0 Å². The summed E-state index contributed by atoms with van der Waals surface area (Å²) in [5.41, 5.74) is 0. The average Bonchev–Trinajstić information content (AvgIpc) is 3.29. The van der Waals surface area contributed by atoms with Crippen LogP contribution in [0.2, 0.25) is 0 Å². The van der Waals surface area contributed by atoms with Crippen molar-refractivity contribution >= 4 is 17.9 Å². The first-order valence-electron chi connectivity index (χ1n) is 9.82. The number of aliphatic imine (C=N–C) groups is 1. The van der Waals surface area contributed by atoms with E-state index in [9.17, 15) is 9.59 Å². The Morgan fingerprint density at radius 1 is 1.23 bits per heavy atom. The quantitative estimate of drug-likeness (QED) is 0.413. The molecule has 2 N–H and O–H groups in total. The molecule has 3 aliphatic rings. The Hall–Kier alpha value is -1.83. The maximum absolute atomic E-state index is 11.6. The van der Waals surface area contributed by atoms with E-state index in [0.29, 0.717) is 19.2 Å². The summed E-state index contributed by atoms with van der Waals surface area (Å²) in [6.45, 7) is 3.70. The van der Waals surface area contributed by atoms with Crippen molar-refractivity contribution in [3.8, 4) is 0 Å². The molecule has 0 atom stereocenters. The molecule has 0 bridgehead atoms. The van der Waals surface area contributed by atoms with Crippen LogP contribution in [0.25, 0.3) is 0 Å². The van der Waals surface area contributed by atoms with Gasteiger partial charge in [0.1, 0.15) is 0 Å². The highest BCUT2D eigenvalue weighted by molar-refractivity contribution is 6.01. The lowest BCUT2D eigenvalue weighted by molar-refractivity contribution is -0.124. The number of urea groups is 1. The van der Waals surface area contributed by atoms with Crippen LogP contribution in [-0.2, 0) is 9.53 Å². The molecule has 1 saturated carbocycles. The molecule has 3 fully saturated rings. The molecule has 1 aliphatic carbocycles. The van der Waals surface area contributed by atoms with E-state index in [1.54, 1.807) is 7.05 Å². The summed E-state index contributed by atoms with van der Waals surface area (Å²) in [6, 6.07) is -0.313. The van der Waals surface area contributed by atoms with E-state index in [1.807, 2.05) is 0 Å². The lowest BCUT2D eigenvalue weighted by atomic mass is 10.1. The van der Waals surface area contributed by atoms with Crippen LogP contribution in [-0.4, -0.2) is 80.2 Å². The minimum atomic E-state index is -0.313. The number of guanidine groups is 1. The minimum absolute atomic E-state index is 0.0991. The number of nitrogens with one attached hydrogen (secondary N) is 2. The van der Waals surface area contributed by atoms with Gasteiger partial charge in [-0.3, -0.25) is 14.7 Å².